The van der Waals surface area contributed by atoms with Gasteiger partial charge in [-0.05, 0) is 23.8 Å². The van der Waals surface area contributed by atoms with E-state index in [2.05, 4.69) is 5.32 Å². The summed E-state index contributed by atoms with van der Waals surface area (Å²) in [6.07, 6.45) is 3.13. The molecule has 0 bridgehead atoms. The van der Waals surface area contributed by atoms with Crippen molar-refractivity contribution < 1.29 is 34.0 Å². The Morgan fingerprint density at radius 3 is 2.63 bits per heavy atom. The summed E-state index contributed by atoms with van der Waals surface area (Å²) in [6.45, 7) is 0.433. The third-order valence-electron chi connectivity index (χ3n) is 3.76. The van der Waals surface area contributed by atoms with E-state index in [1.807, 2.05) is 0 Å². The molecule has 1 aliphatic rings. The Hall–Kier alpha value is -3.52. The minimum atomic E-state index is -0.681. The molecule has 2 aromatic carbocycles. The number of hydrogen-bond acceptors (Lipinski definition) is 7. The van der Waals surface area contributed by atoms with Gasteiger partial charge in [0.2, 0.25) is 6.41 Å². The maximum absolute atomic E-state index is 12.1. The molecule has 1 aliphatic heterocycles. The maximum atomic E-state index is 12.1. The van der Waals surface area contributed by atoms with Crippen molar-refractivity contribution in [3.63, 3.8) is 0 Å². The van der Waals surface area contributed by atoms with E-state index in [4.69, 9.17) is 19.3 Å². The highest BCUT2D eigenvalue weighted by Crippen LogP contribution is 2.39. The SMILES string of the molecule is O=CNc1cc2c(cc1OC(=O)/C=C/c1ccc(O)c(CO)c1)OCCO2. The summed E-state index contributed by atoms with van der Waals surface area (Å²) in [4.78, 5) is 22.9. The van der Waals surface area contributed by atoms with Crippen LogP contribution in [0.5, 0.6) is 23.0 Å². The van der Waals surface area contributed by atoms with E-state index >= 15 is 0 Å². The molecule has 0 spiro atoms. The Kier molecular flexibility index (Phi) is 5.58. The van der Waals surface area contributed by atoms with E-state index in [1.165, 1.54) is 30.4 Å². The third-order valence-corrected chi connectivity index (χ3v) is 3.76. The Labute approximate surface area is 154 Å². The fourth-order valence-electron chi connectivity index (χ4n) is 2.47. The van der Waals surface area contributed by atoms with Gasteiger partial charge in [-0.15, -0.1) is 0 Å². The number of carbonyl (C=O) groups excluding carboxylic acids is 2. The second kappa shape index (κ2) is 8.24. The van der Waals surface area contributed by atoms with Crippen LogP contribution < -0.4 is 19.5 Å². The number of hydrogen-bond donors (Lipinski definition) is 3. The summed E-state index contributed by atoms with van der Waals surface area (Å²) >= 11 is 0. The van der Waals surface area contributed by atoms with Crippen molar-refractivity contribution in [3.8, 4) is 23.0 Å². The number of aromatic hydroxyl groups is 1. The Morgan fingerprint density at radius 1 is 1.19 bits per heavy atom. The van der Waals surface area contributed by atoms with E-state index in [0.717, 1.165) is 0 Å². The van der Waals surface area contributed by atoms with Gasteiger partial charge in [0, 0.05) is 23.8 Å². The van der Waals surface area contributed by atoms with Crippen molar-refractivity contribution in [2.75, 3.05) is 18.5 Å². The lowest BCUT2D eigenvalue weighted by atomic mass is 10.1. The minimum Gasteiger partial charge on any atom is -0.508 e. The molecule has 0 radical (unpaired) electrons. The van der Waals surface area contributed by atoms with Crippen LogP contribution in [0.2, 0.25) is 0 Å². The van der Waals surface area contributed by atoms with Crippen LogP contribution in [0.4, 0.5) is 5.69 Å². The van der Waals surface area contributed by atoms with E-state index in [-0.39, 0.29) is 23.8 Å². The molecule has 2 aromatic rings. The van der Waals surface area contributed by atoms with Gasteiger partial charge >= 0.3 is 5.97 Å². The molecule has 3 N–H and O–H groups in total. The van der Waals surface area contributed by atoms with Crippen LogP contribution in [0, 0.1) is 0 Å². The second-order valence-electron chi connectivity index (χ2n) is 5.55. The van der Waals surface area contributed by atoms with Gasteiger partial charge in [-0.1, -0.05) is 6.07 Å². The number of aliphatic hydroxyl groups excluding tert-OH is 1. The average molecular weight is 371 g/mol. The van der Waals surface area contributed by atoms with E-state index in [9.17, 15) is 14.7 Å². The molecule has 140 valence electrons. The topological polar surface area (TPSA) is 114 Å². The minimum absolute atomic E-state index is 0.0296. The molecule has 1 heterocycles. The third kappa shape index (κ3) is 4.36. The standard InChI is InChI=1S/C19H17NO7/c21-10-13-7-12(1-3-15(13)23)2-4-19(24)27-16-9-18-17(25-5-6-26-18)8-14(16)20-11-22/h1-4,7-9,11,21,23H,5-6,10H2,(H,20,22)/b4-2+. The van der Waals surface area contributed by atoms with Gasteiger partial charge in [0.15, 0.2) is 17.2 Å². The number of fused-ring (bicyclic) bond motifs is 1. The van der Waals surface area contributed by atoms with Gasteiger partial charge in [0.05, 0.1) is 12.3 Å². The zero-order valence-corrected chi connectivity index (χ0v) is 14.2. The Morgan fingerprint density at radius 2 is 1.93 bits per heavy atom. The lowest BCUT2D eigenvalue weighted by Gasteiger charge is -2.20. The predicted octanol–water partition coefficient (Wildman–Crippen LogP) is 1.84. The molecule has 8 nitrogen and oxygen atoms in total. The Balaban J connectivity index is 1.78. The molecule has 3 rings (SSSR count). The van der Waals surface area contributed by atoms with E-state index in [0.29, 0.717) is 42.2 Å². The van der Waals surface area contributed by atoms with Gasteiger partial charge in [0.1, 0.15) is 19.0 Å². The smallest absolute Gasteiger partial charge is 0.336 e. The molecule has 1 amide bonds. The number of amides is 1. The highest BCUT2D eigenvalue weighted by atomic mass is 16.6. The van der Waals surface area contributed by atoms with Crippen molar-refractivity contribution in [1.82, 2.24) is 0 Å². The highest BCUT2D eigenvalue weighted by Gasteiger charge is 2.18. The summed E-state index contributed by atoms with van der Waals surface area (Å²) in [7, 11) is 0. The van der Waals surface area contributed by atoms with Crippen molar-refractivity contribution >= 4 is 24.1 Å². The van der Waals surface area contributed by atoms with E-state index < -0.39 is 5.97 Å². The van der Waals surface area contributed by atoms with Crippen LogP contribution in [0.25, 0.3) is 6.08 Å². The van der Waals surface area contributed by atoms with Crippen LogP contribution in [-0.4, -0.2) is 35.8 Å². The summed E-state index contributed by atoms with van der Waals surface area (Å²) < 4.78 is 16.2. The monoisotopic (exact) mass is 371 g/mol. The Bertz CT molecular complexity index is 892. The summed E-state index contributed by atoms with van der Waals surface area (Å²) in [5.74, 6) is 0.261. The van der Waals surface area contributed by atoms with E-state index in [1.54, 1.807) is 12.1 Å². The number of benzene rings is 2. The number of ether oxygens (including phenoxy) is 3. The van der Waals surface area contributed by atoms with Crippen LogP contribution >= 0.6 is 0 Å². The lowest BCUT2D eigenvalue weighted by molar-refractivity contribution is -0.128. The number of carbonyl (C=O) groups is 2. The molecule has 8 heteroatoms. The zero-order chi connectivity index (χ0) is 19.2. The molecule has 0 aromatic heterocycles. The van der Waals surface area contributed by atoms with Crippen molar-refractivity contribution in [2.45, 2.75) is 6.61 Å². The first-order valence-electron chi connectivity index (χ1n) is 8.07. The molecule has 0 unspecified atom stereocenters. The highest BCUT2D eigenvalue weighted by molar-refractivity contribution is 5.90. The summed E-state index contributed by atoms with van der Waals surface area (Å²) in [6, 6.07) is 7.53. The number of nitrogens with one attached hydrogen (secondary N) is 1. The summed E-state index contributed by atoms with van der Waals surface area (Å²) in [5, 5.41) is 21.2. The van der Waals surface area contributed by atoms with Gasteiger partial charge in [-0.3, -0.25) is 4.79 Å². The normalized spacial score (nSPS) is 12.6. The molecular weight excluding hydrogens is 354 g/mol. The first-order chi connectivity index (χ1) is 13.1. The van der Waals surface area contributed by atoms with Gasteiger partial charge < -0.3 is 29.7 Å². The van der Waals surface area contributed by atoms with Gasteiger partial charge in [-0.25, -0.2) is 4.79 Å². The molecular formula is C19H17NO7. The molecule has 27 heavy (non-hydrogen) atoms. The number of esters is 1. The number of phenols is 1. The predicted molar refractivity (Wildman–Crippen MR) is 95.8 cm³/mol. The first-order valence-corrected chi connectivity index (χ1v) is 8.07. The quantitative estimate of drug-likeness (QED) is 0.307. The molecule has 0 aliphatic carbocycles. The van der Waals surface area contributed by atoms with Crippen molar-refractivity contribution in [3.05, 3.63) is 47.5 Å². The number of aliphatic hydroxyl groups is 1. The summed E-state index contributed by atoms with van der Waals surface area (Å²) in [5.41, 5.74) is 1.21. The maximum Gasteiger partial charge on any atom is 0.336 e. The van der Waals surface area contributed by atoms with Crippen LogP contribution in [0.15, 0.2) is 36.4 Å². The van der Waals surface area contributed by atoms with Crippen LogP contribution in [-0.2, 0) is 16.2 Å². The fraction of sp³-hybridized carbons (Fsp3) is 0.158. The number of anilines is 1. The van der Waals surface area contributed by atoms with Gasteiger partial charge in [0.25, 0.3) is 0 Å². The average Bonchev–Trinajstić information content (AvgIpc) is 2.68. The first kappa shape index (κ1) is 18.3. The number of rotatable bonds is 6. The lowest BCUT2D eigenvalue weighted by Crippen LogP contribution is -2.16. The van der Waals surface area contributed by atoms with Crippen LogP contribution in [0.1, 0.15) is 11.1 Å². The van der Waals surface area contributed by atoms with Crippen molar-refractivity contribution in [1.29, 1.82) is 0 Å². The fourth-order valence-corrected chi connectivity index (χ4v) is 2.47. The molecule has 0 saturated heterocycles. The van der Waals surface area contributed by atoms with Gasteiger partial charge in [-0.2, -0.15) is 0 Å². The second-order valence-corrected chi connectivity index (χ2v) is 5.55. The molecule has 0 atom stereocenters. The molecule has 0 fully saturated rings. The molecule has 0 saturated carbocycles. The zero-order valence-electron chi connectivity index (χ0n) is 14.2. The van der Waals surface area contributed by atoms with Crippen molar-refractivity contribution in [2.24, 2.45) is 0 Å². The van der Waals surface area contributed by atoms with Crippen LogP contribution in [0.3, 0.4) is 0 Å². The largest absolute Gasteiger partial charge is 0.508 e.